The fraction of sp³-hybridized carbons (Fsp3) is 0.660. The summed E-state index contributed by atoms with van der Waals surface area (Å²) in [7, 11) is 8.55. The number of likely N-dealkylation sites (N-methyl/N-ethyl adjacent to an activating group) is 2. The van der Waals surface area contributed by atoms with Crippen molar-refractivity contribution >= 4 is 40.9 Å². The van der Waals surface area contributed by atoms with Crippen molar-refractivity contribution < 1.29 is 33.4 Å². The molecule has 1 unspecified atom stereocenters. The van der Waals surface area contributed by atoms with Crippen LogP contribution in [-0.2, 0) is 39.9 Å². The molecular weight excluding hydrogens is 811 g/mol. The molecule has 1 heterocycles. The minimum Gasteiger partial charge on any atom is -0.380 e. The maximum absolute atomic E-state index is 14.4. The topological polar surface area (TPSA) is 162 Å². The second kappa shape index (κ2) is 24.7. The first kappa shape index (κ1) is 53.8. The number of anilines is 2. The molecule has 14 heteroatoms. The highest BCUT2D eigenvalue weighted by atomic mass is 16.5. The van der Waals surface area contributed by atoms with Gasteiger partial charge in [0.2, 0.25) is 29.5 Å². The Morgan fingerprint density at radius 3 is 1.92 bits per heavy atom. The third-order valence-corrected chi connectivity index (χ3v) is 12.5. The zero-order valence-electron chi connectivity index (χ0n) is 41.5. The lowest BCUT2D eigenvalue weighted by atomic mass is 9.89. The second-order valence-electron chi connectivity index (χ2n) is 19.7. The highest BCUT2D eigenvalue weighted by molar-refractivity contribution is 5.98. The molecule has 0 aromatic heterocycles. The molecule has 9 atom stereocenters. The minimum absolute atomic E-state index is 0.00202. The monoisotopic (exact) mass is 892 g/mol. The number of carbonyl (C=O) groups is 5. The third kappa shape index (κ3) is 15.0. The van der Waals surface area contributed by atoms with Crippen LogP contribution in [0.5, 0.6) is 0 Å². The van der Waals surface area contributed by atoms with Crippen molar-refractivity contribution in [3.8, 4) is 0 Å². The summed E-state index contributed by atoms with van der Waals surface area (Å²) >= 11 is 0. The van der Waals surface area contributed by atoms with E-state index in [2.05, 4.69) is 42.0 Å². The van der Waals surface area contributed by atoms with Gasteiger partial charge in [0.05, 0.1) is 42.7 Å². The number of hydrogen-bond donors (Lipinski definition) is 4. The number of amides is 5. The minimum atomic E-state index is -0.892. The number of ether oxygens (including phenoxy) is 2. The van der Waals surface area contributed by atoms with E-state index in [1.54, 1.807) is 38.0 Å². The van der Waals surface area contributed by atoms with Crippen LogP contribution >= 0.6 is 0 Å². The molecule has 64 heavy (non-hydrogen) atoms. The van der Waals surface area contributed by atoms with E-state index in [1.165, 1.54) is 0 Å². The van der Waals surface area contributed by atoms with Crippen LogP contribution in [0, 0.1) is 23.7 Å². The van der Waals surface area contributed by atoms with E-state index in [1.807, 2.05) is 115 Å². The summed E-state index contributed by atoms with van der Waals surface area (Å²) < 4.78 is 12.1. The molecule has 0 radical (unpaired) electrons. The van der Waals surface area contributed by atoms with E-state index < -0.39 is 48.3 Å². The van der Waals surface area contributed by atoms with E-state index in [9.17, 15) is 24.0 Å². The Hall–Kier alpha value is -4.53. The Morgan fingerprint density at radius 2 is 1.41 bits per heavy atom. The molecule has 3 rings (SSSR count). The SMILES string of the molecule is CC[C@H](C)[C@@H]([C@@H](CC(=O)N1CCC[C@H]1[C@H](OC)[C@@H](C)C(=O)N[C@@H](Cc1ccccc1)C(=O)Nc1ccc(NC(C)(C)C)cc1)OC)N(C)C(=O)[C@@H](NC(=O)C(C(C)C)N(C)C)C(C)C. The van der Waals surface area contributed by atoms with Crippen LogP contribution in [-0.4, -0.2) is 134 Å². The lowest BCUT2D eigenvalue weighted by Gasteiger charge is -2.41. The molecule has 0 bridgehead atoms. The first-order valence-corrected chi connectivity index (χ1v) is 23.2. The van der Waals surface area contributed by atoms with Gasteiger partial charge in [-0.15, -0.1) is 0 Å². The summed E-state index contributed by atoms with van der Waals surface area (Å²) in [6.07, 6.45) is 1.01. The Labute approximate surface area is 384 Å². The van der Waals surface area contributed by atoms with Crippen LogP contribution in [0.4, 0.5) is 11.4 Å². The number of nitrogens with one attached hydrogen (secondary N) is 4. The number of nitrogens with zero attached hydrogens (tertiary/aromatic N) is 3. The maximum atomic E-state index is 14.4. The van der Waals surface area contributed by atoms with Crippen molar-refractivity contribution in [1.82, 2.24) is 25.3 Å². The Morgan fingerprint density at radius 1 is 0.797 bits per heavy atom. The summed E-state index contributed by atoms with van der Waals surface area (Å²) in [5, 5.41) is 12.5. The fourth-order valence-electron chi connectivity index (χ4n) is 9.07. The molecule has 5 amide bonds. The summed E-state index contributed by atoms with van der Waals surface area (Å²) in [5.41, 5.74) is 2.29. The number of carbonyl (C=O) groups excluding carboxylic acids is 5. The zero-order chi connectivity index (χ0) is 48.1. The van der Waals surface area contributed by atoms with Crippen LogP contribution in [0.25, 0.3) is 0 Å². The molecular formula is C50H81N7O7. The summed E-state index contributed by atoms with van der Waals surface area (Å²) in [5.74, 6) is -2.26. The first-order chi connectivity index (χ1) is 30.0. The maximum Gasteiger partial charge on any atom is 0.247 e. The smallest absolute Gasteiger partial charge is 0.247 e. The summed E-state index contributed by atoms with van der Waals surface area (Å²) in [4.78, 5) is 75.7. The predicted molar refractivity (Wildman–Crippen MR) is 256 cm³/mol. The van der Waals surface area contributed by atoms with Crippen molar-refractivity contribution in [3.63, 3.8) is 0 Å². The summed E-state index contributed by atoms with van der Waals surface area (Å²) in [6, 6.07) is 14.0. The van der Waals surface area contributed by atoms with Crippen LogP contribution in [0.3, 0.4) is 0 Å². The molecule has 4 N–H and O–H groups in total. The Kier molecular flexibility index (Phi) is 20.7. The second-order valence-corrected chi connectivity index (χ2v) is 19.7. The lowest BCUT2D eigenvalue weighted by Crippen LogP contribution is -2.59. The van der Waals surface area contributed by atoms with Crippen LogP contribution in [0.2, 0.25) is 0 Å². The van der Waals surface area contributed by atoms with E-state index >= 15 is 0 Å². The van der Waals surface area contributed by atoms with E-state index in [-0.39, 0.29) is 65.7 Å². The van der Waals surface area contributed by atoms with Crippen molar-refractivity contribution in [1.29, 1.82) is 0 Å². The first-order valence-electron chi connectivity index (χ1n) is 23.2. The molecule has 358 valence electrons. The molecule has 1 aliphatic heterocycles. The van der Waals surface area contributed by atoms with Crippen LogP contribution in [0.1, 0.15) is 100 Å². The largest absolute Gasteiger partial charge is 0.380 e. The number of likely N-dealkylation sites (tertiary alicyclic amines) is 1. The van der Waals surface area contributed by atoms with Crippen molar-refractivity contribution in [2.24, 2.45) is 23.7 Å². The van der Waals surface area contributed by atoms with Gasteiger partial charge >= 0.3 is 0 Å². The van der Waals surface area contributed by atoms with Gasteiger partial charge in [-0.3, -0.25) is 28.9 Å². The number of rotatable bonds is 23. The van der Waals surface area contributed by atoms with Gasteiger partial charge in [0, 0.05) is 51.1 Å². The number of methoxy groups -OCH3 is 2. The van der Waals surface area contributed by atoms with E-state index in [0.29, 0.717) is 18.7 Å². The average molecular weight is 892 g/mol. The molecule has 1 saturated heterocycles. The van der Waals surface area contributed by atoms with Crippen LogP contribution in [0.15, 0.2) is 54.6 Å². The zero-order valence-corrected chi connectivity index (χ0v) is 41.5. The fourth-order valence-corrected chi connectivity index (χ4v) is 9.07. The van der Waals surface area contributed by atoms with Gasteiger partial charge in [-0.05, 0) is 95.3 Å². The highest BCUT2D eigenvalue weighted by Gasteiger charge is 2.43. The van der Waals surface area contributed by atoms with Crippen molar-refractivity contribution in [2.45, 2.75) is 149 Å². The predicted octanol–water partition coefficient (Wildman–Crippen LogP) is 6.21. The van der Waals surface area contributed by atoms with Gasteiger partial charge in [-0.1, -0.05) is 85.2 Å². The van der Waals surface area contributed by atoms with E-state index in [4.69, 9.17) is 9.47 Å². The molecule has 0 saturated carbocycles. The molecule has 1 aliphatic rings. The summed E-state index contributed by atoms with van der Waals surface area (Å²) in [6.45, 7) is 20.3. The average Bonchev–Trinajstić information content (AvgIpc) is 3.72. The molecule has 0 spiro atoms. The van der Waals surface area contributed by atoms with Gasteiger partial charge in [0.1, 0.15) is 12.1 Å². The van der Waals surface area contributed by atoms with Gasteiger partial charge in [-0.25, -0.2) is 0 Å². The van der Waals surface area contributed by atoms with E-state index in [0.717, 1.165) is 24.1 Å². The standard InChI is InChI=1S/C50H81N7O7/c1-16-33(6)44(56(13)49(62)42(31(2)3)53-48(61)43(32(4)5)55(11)12)40(63-14)30-41(58)57-28-20-23-39(57)45(64-15)34(7)46(59)52-38(29-35-21-18-17-19-22-35)47(60)51-36-24-26-37(27-25-36)54-50(8,9)10/h17-19,21-22,24-27,31-34,38-40,42-45,54H,16,20,23,28-30H2,1-15H3,(H,51,60)(H,52,59)(H,53,61)/t33-,34+,38-,39-,40+,42-,43?,44-,45+/m0/s1. The number of hydrogen-bond acceptors (Lipinski definition) is 9. The Bertz CT molecular complexity index is 1790. The van der Waals surface area contributed by atoms with Crippen molar-refractivity contribution in [3.05, 3.63) is 60.2 Å². The molecule has 2 aromatic rings. The quantitative estimate of drug-likeness (QED) is 0.102. The van der Waals surface area contributed by atoms with Gasteiger partial charge < -0.3 is 40.5 Å². The van der Waals surface area contributed by atoms with Gasteiger partial charge in [0.25, 0.3) is 0 Å². The normalized spacial score (nSPS) is 18.1. The van der Waals surface area contributed by atoms with Gasteiger partial charge in [0.15, 0.2) is 0 Å². The molecule has 1 fully saturated rings. The van der Waals surface area contributed by atoms with Gasteiger partial charge in [-0.2, -0.15) is 0 Å². The van der Waals surface area contributed by atoms with Crippen molar-refractivity contribution in [2.75, 3.05) is 52.5 Å². The lowest BCUT2D eigenvalue weighted by molar-refractivity contribution is -0.148. The van der Waals surface area contributed by atoms with Crippen LogP contribution < -0.4 is 21.3 Å². The highest BCUT2D eigenvalue weighted by Crippen LogP contribution is 2.30. The molecule has 14 nitrogen and oxygen atoms in total. The third-order valence-electron chi connectivity index (χ3n) is 12.5. The number of benzene rings is 2. The Balaban J connectivity index is 1.81. The molecule has 0 aliphatic carbocycles. The molecule has 2 aromatic carbocycles.